The molecule has 0 saturated carbocycles. The van der Waals surface area contributed by atoms with Crippen molar-refractivity contribution in [1.29, 1.82) is 0 Å². The predicted molar refractivity (Wildman–Crippen MR) is 116 cm³/mol. The normalized spacial score (nSPS) is 16.1. The van der Waals surface area contributed by atoms with Gasteiger partial charge >= 0.3 is 0 Å². The standard InChI is InChI=1S/C23H24N2O6S/c1-24(10-4-7-21(26)25-11-13-31-14-12-25)32(29,30)16-8-9-19-20(15-16)23(28)18-6-3-2-5-17(18)22(19)27/h2-3,5-6,8-9,15H,4,7,10-14H2,1H3. The van der Waals surface area contributed by atoms with Crippen molar-refractivity contribution in [2.75, 3.05) is 39.9 Å². The fourth-order valence-electron chi connectivity index (χ4n) is 3.96. The Labute approximate surface area is 186 Å². The summed E-state index contributed by atoms with van der Waals surface area (Å²) >= 11 is 0. The molecule has 1 heterocycles. The topological polar surface area (TPSA) is 101 Å². The number of nitrogens with zero attached hydrogens (tertiary/aromatic N) is 2. The van der Waals surface area contributed by atoms with Crippen molar-refractivity contribution in [2.45, 2.75) is 17.7 Å². The van der Waals surface area contributed by atoms with Crippen LogP contribution in [0.2, 0.25) is 0 Å². The Kier molecular flexibility index (Phi) is 6.23. The Balaban J connectivity index is 1.47. The molecule has 0 atom stereocenters. The number of carbonyl (C=O) groups excluding carboxylic acids is 3. The molecule has 32 heavy (non-hydrogen) atoms. The van der Waals surface area contributed by atoms with Crippen LogP contribution in [0, 0.1) is 0 Å². The van der Waals surface area contributed by atoms with Crippen LogP contribution in [-0.2, 0) is 19.6 Å². The molecule has 1 saturated heterocycles. The lowest BCUT2D eigenvalue weighted by molar-refractivity contribution is -0.135. The highest BCUT2D eigenvalue weighted by atomic mass is 32.2. The van der Waals surface area contributed by atoms with Crippen LogP contribution in [-0.4, -0.2) is 75.0 Å². The van der Waals surface area contributed by atoms with Crippen LogP contribution >= 0.6 is 0 Å². The average molecular weight is 457 g/mol. The van der Waals surface area contributed by atoms with Crippen molar-refractivity contribution in [3.63, 3.8) is 0 Å². The molecule has 0 aromatic heterocycles. The smallest absolute Gasteiger partial charge is 0.242 e. The van der Waals surface area contributed by atoms with E-state index in [1.807, 2.05) is 0 Å². The molecule has 0 unspecified atom stereocenters. The molecule has 1 fully saturated rings. The minimum absolute atomic E-state index is 0.0179. The Bertz CT molecular complexity index is 1180. The van der Waals surface area contributed by atoms with Gasteiger partial charge in [0.25, 0.3) is 0 Å². The van der Waals surface area contributed by atoms with Gasteiger partial charge in [0.15, 0.2) is 11.6 Å². The van der Waals surface area contributed by atoms with Gasteiger partial charge in [-0.2, -0.15) is 0 Å². The van der Waals surface area contributed by atoms with E-state index in [0.717, 1.165) is 0 Å². The summed E-state index contributed by atoms with van der Waals surface area (Å²) in [6, 6.07) is 10.5. The molecule has 0 bridgehead atoms. The van der Waals surface area contributed by atoms with E-state index in [-0.39, 0.29) is 52.0 Å². The summed E-state index contributed by atoms with van der Waals surface area (Å²) in [5.41, 5.74) is 0.884. The van der Waals surface area contributed by atoms with E-state index in [9.17, 15) is 22.8 Å². The molecule has 0 spiro atoms. The van der Waals surface area contributed by atoms with Crippen LogP contribution < -0.4 is 0 Å². The van der Waals surface area contributed by atoms with E-state index in [1.165, 1.54) is 29.6 Å². The summed E-state index contributed by atoms with van der Waals surface area (Å²) in [6.45, 7) is 2.30. The number of hydrogen-bond acceptors (Lipinski definition) is 6. The van der Waals surface area contributed by atoms with E-state index in [1.54, 1.807) is 29.2 Å². The number of fused-ring (bicyclic) bond motifs is 2. The van der Waals surface area contributed by atoms with Gasteiger partial charge in [0.1, 0.15) is 0 Å². The minimum Gasteiger partial charge on any atom is -0.378 e. The number of carbonyl (C=O) groups is 3. The first kappa shape index (κ1) is 22.3. The highest BCUT2D eigenvalue weighted by Gasteiger charge is 2.31. The number of hydrogen-bond donors (Lipinski definition) is 0. The zero-order chi connectivity index (χ0) is 22.9. The number of benzene rings is 2. The summed E-state index contributed by atoms with van der Waals surface area (Å²) in [5, 5.41) is 0. The summed E-state index contributed by atoms with van der Waals surface area (Å²) in [5.74, 6) is -0.684. The maximum atomic E-state index is 13.0. The summed E-state index contributed by atoms with van der Waals surface area (Å²) in [6.07, 6.45) is 0.621. The van der Waals surface area contributed by atoms with E-state index >= 15 is 0 Å². The maximum Gasteiger partial charge on any atom is 0.242 e. The van der Waals surface area contributed by atoms with Crippen LogP contribution in [0.1, 0.15) is 44.7 Å². The second-order valence-corrected chi connectivity index (χ2v) is 9.88. The summed E-state index contributed by atoms with van der Waals surface area (Å²) < 4.78 is 32.5. The predicted octanol–water partition coefficient (Wildman–Crippen LogP) is 1.72. The lowest BCUT2D eigenvalue weighted by Crippen LogP contribution is -2.41. The third-order valence-electron chi connectivity index (χ3n) is 5.83. The number of sulfonamides is 1. The van der Waals surface area contributed by atoms with Crippen LogP contribution in [0.3, 0.4) is 0 Å². The molecule has 2 aromatic carbocycles. The van der Waals surface area contributed by atoms with Crippen molar-refractivity contribution in [1.82, 2.24) is 9.21 Å². The zero-order valence-electron chi connectivity index (χ0n) is 17.7. The van der Waals surface area contributed by atoms with Crippen molar-refractivity contribution in [2.24, 2.45) is 0 Å². The molecule has 1 amide bonds. The SMILES string of the molecule is CN(CCCC(=O)N1CCOCC1)S(=O)(=O)c1ccc2c(c1)C(=O)c1ccccc1C2=O. The molecule has 1 aliphatic carbocycles. The Morgan fingerprint density at radius 1 is 0.969 bits per heavy atom. The number of ketones is 2. The van der Waals surface area contributed by atoms with Gasteiger partial charge in [0.05, 0.1) is 18.1 Å². The molecule has 0 radical (unpaired) electrons. The van der Waals surface area contributed by atoms with Crippen LogP contribution in [0.5, 0.6) is 0 Å². The maximum absolute atomic E-state index is 13.0. The molecule has 2 aromatic rings. The first-order valence-electron chi connectivity index (χ1n) is 10.4. The second kappa shape index (κ2) is 8.93. The zero-order valence-corrected chi connectivity index (χ0v) is 18.6. The van der Waals surface area contributed by atoms with Gasteiger partial charge in [-0.15, -0.1) is 0 Å². The monoisotopic (exact) mass is 456 g/mol. The van der Waals surface area contributed by atoms with Crippen molar-refractivity contribution in [3.8, 4) is 0 Å². The van der Waals surface area contributed by atoms with E-state index < -0.39 is 10.0 Å². The van der Waals surface area contributed by atoms with Gasteiger partial charge in [0.2, 0.25) is 15.9 Å². The number of ether oxygens (including phenoxy) is 1. The van der Waals surface area contributed by atoms with Crippen molar-refractivity contribution in [3.05, 3.63) is 64.7 Å². The third kappa shape index (κ3) is 4.11. The van der Waals surface area contributed by atoms with Gasteiger partial charge in [-0.3, -0.25) is 14.4 Å². The Morgan fingerprint density at radius 2 is 1.56 bits per heavy atom. The third-order valence-corrected chi connectivity index (χ3v) is 7.69. The number of morpholine rings is 1. The number of amides is 1. The minimum atomic E-state index is -3.89. The molecule has 9 heteroatoms. The molecule has 0 N–H and O–H groups in total. The first-order valence-corrected chi connectivity index (χ1v) is 11.9. The van der Waals surface area contributed by atoms with E-state index in [2.05, 4.69) is 0 Å². The molecule has 2 aliphatic rings. The van der Waals surface area contributed by atoms with Crippen molar-refractivity contribution >= 4 is 27.5 Å². The first-order chi connectivity index (χ1) is 15.3. The Hall–Kier alpha value is -2.88. The van der Waals surface area contributed by atoms with Crippen LogP contribution in [0.15, 0.2) is 47.4 Å². The fourth-order valence-corrected chi connectivity index (χ4v) is 5.20. The van der Waals surface area contributed by atoms with Crippen LogP contribution in [0.4, 0.5) is 0 Å². The molecule has 1 aliphatic heterocycles. The molecular weight excluding hydrogens is 432 g/mol. The summed E-state index contributed by atoms with van der Waals surface area (Å²) in [7, 11) is -2.45. The van der Waals surface area contributed by atoms with Gasteiger partial charge < -0.3 is 9.64 Å². The van der Waals surface area contributed by atoms with Gasteiger partial charge in [0, 0.05) is 55.4 Å². The van der Waals surface area contributed by atoms with Crippen molar-refractivity contribution < 1.29 is 27.5 Å². The van der Waals surface area contributed by atoms with E-state index in [4.69, 9.17) is 4.74 Å². The molecular formula is C23H24N2O6S. The fraction of sp³-hybridized carbons (Fsp3) is 0.348. The molecule has 168 valence electrons. The molecule has 8 nitrogen and oxygen atoms in total. The summed E-state index contributed by atoms with van der Waals surface area (Å²) in [4.78, 5) is 39.5. The average Bonchev–Trinajstić information content (AvgIpc) is 2.82. The highest BCUT2D eigenvalue weighted by molar-refractivity contribution is 7.89. The quantitative estimate of drug-likeness (QED) is 0.560. The van der Waals surface area contributed by atoms with Gasteiger partial charge in [-0.1, -0.05) is 24.3 Å². The van der Waals surface area contributed by atoms with Crippen LogP contribution in [0.25, 0.3) is 0 Å². The largest absolute Gasteiger partial charge is 0.378 e. The highest BCUT2D eigenvalue weighted by Crippen LogP contribution is 2.29. The van der Waals surface area contributed by atoms with Gasteiger partial charge in [-0.25, -0.2) is 12.7 Å². The van der Waals surface area contributed by atoms with Gasteiger partial charge in [-0.05, 0) is 24.6 Å². The lowest BCUT2D eigenvalue weighted by Gasteiger charge is -2.27. The molecule has 4 rings (SSSR count). The Morgan fingerprint density at radius 3 is 2.22 bits per heavy atom. The number of rotatable bonds is 6. The lowest BCUT2D eigenvalue weighted by atomic mass is 9.84. The van der Waals surface area contributed by atoms with E-state index in [0.29, 0.717) is 38.3 Å². The second-order valence-electron chi connectivity index (χ2n) is 7.83.